The summed E-state index contributed by atoms with van der Waals surface area (Å²) in [5.41, 5.74) is 4.05. The van der Waals surface area contributed by atoms with Gasteiger partial charge < -0.3 is 19.2 Å². The molecule has 170 valence electrons. The number of hydrogen-bond donors (Lipinski definition) is 1. The summed E-state index contributed by atoms with van der Waals surface area (Å²) in [4.78, 5) is 21.7. The first-order chi connectivity index (χ1) is 16.5. The van der Waals surface area contributed by atoms with Crippen LogP contribution in [-0.4, -0.2) is 47.4 Å². The molecule has 5 rings (SSSR count). The number of carboxylic acid groups (broad SMARTS) is 1. The fraction of sp³-hybridized carbons (Fsp3) is 0.200. The number of nitrogens with zero attached hydrogens (tertiary/aromatic N) is 4. The lowest BCUT2D eigenvalue weighted by Gasteiger charge is -2.19. The summed E-state index contributed by atoms with van der Waals surface area (Å²) < 4.78 is 25.1. The van der Waals surface area contributed by atoms with Gasteiger partial charge in [0, 0.05) is 37.1 Å². The molecule has 0 spiro atoms. The standard InChI is InChI=1S/C25H19FN4O4/c1-33-21-9-16(25(31)32)12-29-23(21)22-10-19-24(34-22)18(4-6-28-19)14-2-3-20(15(8-14)11-27)30-7-5-17(26)13-30/h2-4,6,8-10,12,17H,5,7,13H2,1H3,(H,31,32)/t17-/m1/s1. The average molecular weight is 458 g/mol. The highest BCUT2D eigenvalue weighted by Gasteiger charge is 2.24. The highest BCUT2D eigenvalue weighted by atomic mass is 19.1. The van der Waals surface area contributed by atoms with Crippen molar-refractivity contribution in [3.05, 3.63) is 59.9 Å². The zero-order valence-corrected chi connectivity index (χ0v) is 18.2. The summed E-state index contributed by atoms with van der Waals surface area (Å²) in [6.45, 7) is 0.857. The number of carbonyl (C=O) groups is 1. The predicted octanol–water partition coefficient (Wildman–Crippen LogP) is 4.68. The van der Waals surface area contributed by atoms with E-state index in [4.69, 9.17) is 9.15 Å². The molecule has 0 amide bonds. The Morgan fingerprint density at radius 3 is 2.85 bits per heavy atom. The van der Waals surface area contributed by atoms with Crippen LogP contribution in [0.3, 0.4) is 0 Å². The summed E-state index contributed by atoms with van der Waals surface area (Å²) in [5.74, 6) is -0.487. The molecule has 0 aliphatic carbocycles. The number of halogens is 1. The van der Waals surface area contributed by atoms with Crippen molar-refractivity contribution in [2.24, 2.45) is 0 Å². The molecule has 0 bridgehead atoms. The molecule has 0 unspecified atom stereocenters. The van der Waals surface area contributed by atoms with Gasteiger partial charge in [-0.3, -0.25) is 4.98 Å². The van der Waals surface area contributed by atoms with Crippen LogP contribution in [0.25, 0.3) is 33.7 Å². The van der Waals surface area contributed by atoms with Gasteiger partial charge in [-0.25, -0.2) is 14.2 Å². The van der Waals surface area contributed by atoms with Crippen LogP contribution in [0, 0.1) is 11.3 Å². The Bertz CT molecular complexity index is 1460. The molecular weight excluding hydrogens is 439 g/mol. The van der Waals surface area contributed by atoms with E-state index in [1.807, 2.05) is 17.0 Å². The SMILES string of the molecule is COc1cc(C(=O)O)cnc1-c1cc2nccc(-c3ccc(N4CC[C@@H](F)C4)c(C#N)c3)c2o1. The molecule has 1 atom stereocenters. The summed E-state index contributed by atoms with van der Waals surface area (Å²) in [6.07, 6.45) is 2.45. The van der Waals surface area contributed by atoms with Crippen molar-refractivity contribution in [3.8, 4) is 34.4 Å². The molecule has 1 N–H and O–H groups in total. The number of benzene rings is 1. The zero-order chi connectivity index (χ0) is 23.8. The van der Waals surface area contributed by atoms with E-state index < -0.39 is 12.1 Å². The molecule has 1 aliphatic rings. The molecule has 4 heterocycles. The Labute approximate surface area is 193 Å². The first-order valence-corrected chi connectivity index (χ1v) is 10.6. The minimum Gasteiger partial charge on any atom is -0.494 e. The number of carboxylic acids is 1. The second-order valence-electron chi connectivity index (χ2n) is 7.94. The average Bonchev–Trinajstić information content (AvgIpc) is 3.49. The van der Waals surface area contributed by atoms with Crippen molar-refractivity contribution < 1.29 is 23.4 Å². The predicted molar refractivity (Wildman–Crippen MR) is 123 cm³/mol. The van der Waals surface area contributed by atoms with Crippen LogP contribution in [0.2, 0.25) is 0 Å². The van der Waals surface area contributed by atoms with E-state index in [-0.39, 0.29) is 17.9 Å². The van der Waals surface area contributed by atoms with Gasteiger partial charge in [-0.15, -0.1) is 0 Å². The van der Waals surface area contributed by atoms with E-state index in [1.54, 1.807) is 24.4 Å². The third kappa shape index (κ3) is 3.69. The van der Waals surface area contributed by atoms with Crippen LogP contribution in [0.15, 0.2) is 53.2 Å². The fourth-order valence-electron chi connectivity index (χ4n) is 4.19. The van der Waals surface area contributed by atoms with E-state index in [0.29, 0.717) is 46.8 Å². The Morgan fingerprint density at radius 1 is 1.29 bits per heavy atom. The van der Waals surface area contributed by atoms with Crippen molar-refractivity contribution >= 4 is 22.8 Å². The maximum atomic E-state index is 13.7. The number of aromatic carboxylic acids is 1. The summed E-state index contributed by atoms with van der Waals surface area (Å²) in [5, 5.41) is 18.9. The van der Waals surface area contributed by atoms with Gasteiger partial charge in [0.15, 0.2) is 11.3 Å². The van der Waals surface area contributed by atoms with Crippen molar-refractivity contribution in [1.82, 2.24) is 9.97 Å². The van der Waals surface area contributed by atoms with Crippen molar-refractivity contribution in [1.29, 1.82) is 5.26 Å². The third-order valence-electron chi connectivity index (χ3n) is 5.86. The summed E-state index contributed by atoms with van der Waals surface area (Å²) in [7, 11) is 1.43. The van der Waals surface area contributed by atoms with E-state index in [2.05, 4.69) is 16.0 Å². The van der Waals surface area contributed by atoms with Gasteiger partial charge >= 0.3 is 5.97 Å². The van der Waals surface area contributed by atoms with E-state index in [0.717, 1.165) is 11.1 Å². The number of fused-ring (bicyclic) bond motifs is 1. The number of alkyl halides is 1. The minimum atomic E-state index is -1.11. The first-order valence-electron chi connectivity index (χ1n) is 10.6. The molecule has 9 heteroatoms. The number of methoxy groups -OCH3 is 1. The summed E-state index contributed by atoms with van der Waals surface area (Å²) in [6, 6.07) is 12.6. The number of furan rings is 1. The molecule has 1 aliphatic heterocycles. The third-order valence-corrected chi connectivity index (χ3v) is 5.86. The molecule has 0 saturated carbocycles. The van der Waals surface area contributed by atoms with Crippen LogP contribution in [0.5, 0.6) is 5.75 Å². The highest BCUT2D eigenvalue weighted by molar-refractivity contribution is 5.93. The molecule has 1 fully saturated rings. The Kier molecular flexibility index (Phi) is 5.34. The monoisotopic (exact) mass is 458 g/mol. The van der Waals surface area contributed by atoms with Crippen LogP contribution in [0.1, 0.15) is 22.3 Å². The van der Waals surface area contributed by atoms with Crippen LogP contribution < -0.4 is 9.64 Å². The molecule has 4 aromatic rings. The van der Waals surface area contributed by atoms with Gasteiger partial charge in [-0.2, -0.15) is 5.26 Å². The van der Waals surface area contributed by atoms with E-state index in [1.165, 1.54) is 19.4 Å². The molecule has 1 saturated heterocycles. The van der Waals surface area contributed by atoms with Crippen molar-refractivity contribution in [2.75, 3.05) is 25.1 Å². The molecule has 0 radical (unpaired) electrons. The van der Waals surface area contributed by atoms with Gasteiger partial charge in [0.2, 0.25) is 0 Å². The maximum Gasteiger partial charge on any atom is 0.337 e. The number of aromatic nitrogens is 2. The first kappa shape index (κ1) is 21.4. The lowest BCUT2D eigenvalue weighted by Crippen LogP contribution is -2.20. The smallest absolute Gasteiger partial charge is 0.337 e. The quantitative estimate of drug-likeness (QED) is 0.459. The molecule has 3 aromatic heterocycles. The Hall–Kier alpha value is -4.45. The number of hydrogen-bond acceptors (Lipinski definition) is 7. The van der Waals surface area contributed by atoms with Crippen molar-refractivity contribution in [3.63, 3.8) is 0 Å². The van der Waals surface area contributed by atoms with E-state index in [9.17, 15) is 19.6 Å². The summed E-state index contributed by atoms with van der Waals surface area (Å²) >= 11 is 0. The number of nitriles is 1. The second-order valence-corrected chi connectivity index (χ2v) is 7.94. The second kappa shape index (κ2) is 8.48. The van der Waals surface area contributed by atoms with Gasteiger partial charge in [-0.05, 0) is 36.2 Å². The lowest BCUT2D eigenvalue weighted by atomic mass is 10.0. The van der Waals surface area contributed by atoms with Crippen LogP contribution in [-0.2, 0) is 0 Å². The van der Waals surface area contributed by atoms with Crippen molar-refractivity contribution in [2.45, 2.75) is 12.6 Å². The topological polar surface area (TPSA) is 112 Å². The Morgan fingerprint density at radius 2 is 2.15 bits per heavy atom. The largest absolute Gasteiger partial charge is 0.494 e. The zero-order valence-electron chi connectivity index (χ0n) is 18.2. The fourth-order valence-corrected chi connectivity index (χ4v) is 4.19. The maximum absolute atomic E-state index is 13.7. The van der Waals surface area contributed by atoms with Gasteiger partial charge in [0.05, 0.1) is 23.9 Å². The minimum absolute atomic E-state index is 0.00303. The molecule has 1 aromatic carbocycles. The number of anilines is 1. The number of ether oxygens (including phenoxy) is 1. The normalized spacial score (nSPS) is 15.4. The molecular formula is C25H19FN4O4. The highest BCUT2D eigenvalue weighted by Crippen LogP contribution is 2.37. The van der Waals surface area contributed by atoms with E-state index >= 15 is 0 Å². The number of rotatable bonds is 5. The molecule has 34 heavy (non-hydrogen) atoms. The van der Waals surface area contributed by atoms with Gasteiger partial charge in [0.25, 0.3) is 0 Å². The molecule has 8 nitrogen and oxygen atoms in total. The number of pyridine rings is 2. The lowest BCUT2D eigenvalue weighted by molar-refractivity contribution is 0.0696. The van der Waals surface area contributed by atoms with Gasteiger partial charge in [0.1, 0.15) is 29.2 Å². The Balaban J connectivity index is 1.58. The van der Waals surface area contributed by atoms with Gasteiger partial charge in [-0.1, -0.05) is 6.07 Å². The van der Waals surface area contributed by atoms with Crippen LogP contribution in [0.4, 0.5) is 10.1 Å². The van der Waals surface area contributed by atoms with Crippen LogP contribution >= 0.6 is 0 Å².